The number of aryl methyl sites for hydroxylation is 1. The Morgan fingerprint density at radius 2 is 2.18 bits per heavy atom. The minimum atomic E-state index is -0.225. The minimum absolute atomic E-state index is 0.225. The molecule has 0 aliphatic heterocycles. The first kappa shape index (κ1) is 12.2. The molecule has 1 aliphatic carbocycles. The summed E-state index contributed by atoms with van der Waals surface area (Å²) < 4.78 is 5.07. The van der Waals surface area contributed by atoms with Gasteiger partial charge in [-0.1, -0.05) is 13.8 Å². The van der Waals surface area contributed by atoms with E-state index < -0.39 is 0 Å². The molecule has 0 bridgehead atoms. The van der Waals surface area contributed by atoms with Gasteiger partial charge >= 0.3 is 5.97 Å². The number of carbonyl (C=O) groups is 1. The van der Waals surface area contributed by atoms with E-state index in [1.807, 2.05) is 13.8 Å². The van der Waals surface area contributed by atoms with Crippen molar-refractivity contribution in [3.8, 4) is 0 Å². The average molecular weight is 235 g/mol. The van der Waals surface area contributed by atoms with Crippen molar-refractivity contribution in [1.29, 1.82) is 0 Å². The second kappa shape index (κ2) is 4.21. The molecule has 0 saturated heterocycles. The number of H-pyrrole nitrogens is 1. The van der Waals surface area contributed by atoms with E-state index in [1.165, 1.54) is 17.7 Å². The van der Waals surface area contributed by atoms with Crippen molar-refractivity contribution in [2.24, 2.45) is 5.41 Å². The molecule has 94 valence electrons. The molecule has 3 heteroatoms. The van der Waals surface area contributed by atoms with Gasteiger partial charge in [-0.15, -0.1) is 0 Å². The van der Waals surface area contributed by atoms with Crippen LogP contribution in [0.3, 0.4) is 0 Å². The summed E-state index contributed by atoms with van der Waals surface area (Å²) in [5, 5.41) is 0. The Bertz CT molecular complexity index is 443. The summed E-state index contributed by atoms with van der Waals surface area (Å²) in [6, 6.07) is 0. The third kappa shape index (κ3) is 2.24. The molecule has 17 heavy (non-hydrogen) atoms. The number of hydrogen-bond donors (Lipinski definition) is 1. The monoisotopic (exact) mass is 235 g/mol. The maximum absolute atomic E-state index is 11.8. The van der Waals surface area contributed by atoms with E-state index in [0.717, 1.165) is 18.4 Å². The Morgan fingerprint density at radius 1 is 1.47 bits per heavy atom. The lowest BCUT2D eigenvalue weighted by Crippen LogP contribution is -2.21. The minimum Gasteiger partial charge on any atom is -0.461 e. The van der Waals surface area contributed by atoms with Crippen LogP contribution in [0.15, 0.2) is 0 Å². The smallest absolute Gasteiger partial charge is 0.355 e. The summed E-state index contributed by atoms with van der Waals surface area (Å²) in [5.74, 6) is -0.225. The van der Waals surface area contributed by atoms with Gasteiger partial charge in [-0.3, -0.25) is 0 Å². The summed E-state index contributed by atoms with van der Waals surface area (Å²) in [6.07, 6.45) is 3.24. The fourth-order valence-electron chi connectivity index (χ4n) is 2.59. The molecule has 1 aromatic heterocycles. The second-order valence-electron chi connectivity index (χ2n) is 5.64. The van der Waals surface area contributed by atoms with E-state index >= 15 is 0 Å². The lowest BCUT2D eigenvalue weighted by molar-refractivity contribution is 0.0519. The van der Waals surface area contributed by atoms with Crippen LogP contribution in [-0.4, -0.2) is 17.6 Å². The lowest BCUT2D eigenvalue weighted by Gasteiger charge is -2.29. The maximum Gasteiger partial charge on any atom is 0.355 e. The number of nitrogens with one attached hydrogen (secondary N) is 1. The van der Waals surface area contributed by atoms with E-state index in [1.54, 1.807) is 0 Å². The van der Waals surface area contributed by atoms with Gasteiger partial charge in [0.05, 0.1) is 6.61 Å². The number of aromatic nitrogens is 1. The van der Waals surface area contributed by atoms with E-state index in [0.29, 0.717) is 17.7 Å². The molecule has 0 radical (unpaired) electrons. The normalized spacial score (nSPS) is 17.6. The zero-order chi connectivity index (χ0) is 12.6. The fourth-order valence-corrected chi connectivity index (χ4v) is 2.59. The topological polar surface area (TPSA) is 42.1 Å². The molecule has 0 fully saturated rings. The van der Waals surface area contributed by atoms with Gasteiger partial charge in [-0.05, 0) is 49.7 Å². The van der Waals surface area contributed by atoms with Crippen LogP contribution in [0.5, 0.6) is 0 Å². The van der Waals surface area contributed by atoms with Crippen molar-refractivity contribution in [3.05, 3.63) is 22.5 Å². The van der Waals surface area contributed by atoms with E-state index in [9.17, 15) is 4.79 Å². The van der Waals surface area contributed by atoms with Crippen LogP contribution in [0, 0.1) is 12.3 Å². The van der Waals surface area contributed by atoms with Crippen molar-refractivity contribution >= 4 is 5.97 Å². The zero-order valence-corrected chi connectivity index (χ0v) is 11.1. The summed E-state index contributed by atoms with van der Waals surface area (Å²) in [6.45, 7) is 8.84. The van der Waals surface area contributed by atoms with Crippen molar-refractivity contribution < 1.29 is 9.53 Å². The number of aromatic amines is 1. The third-order valence-corrected chi connectivity index (χ3v) is 3.65. The number of fused-ring (bicyclic) bond motifs is 1. The molecule has 0 amide bonds. The molecule has 0 aromatic carbocycles. The largest absolute Gasteiger partial charge is 0.461 e. The molecule has 0 spiro atoms. The van der Waals surface area contributed by atoms with Gasteiger partial charge in [0.2, 0.25) is 0 Å². The van der Waals surface area contributed by atoms with Gasteiger partial charge in [0, 0.05) is 5.69 Å². The Kier molecular flexibility index (Phi) is 3.02. The van der Waals surface area contributed by atoms with Crippen LogP contribution in [0.2, 0.25) is 0 Å². The predicted octanol–water partition coefficient (Wildman–Crippen LogP) is 3.01. The highest BCUT2D eigenvalue weighted by atomic mass is 16.5. The van der Waals surface area contributed by atoms with Crippen LogP contribution < -0.4 is 0 Å². The number of hydrogen-bond acceptors (Lipinski definition) is 2. The molecule has 0 atom stereocenters. The Balaban J connectivity index is 2.34. The van der Waals surface area contributed by atoms with Gasteiger partial charge in [0.15, 0.2) is 0 Å². The predicted molar refractivity (Wildman–Crippen MR) is 67.3 cm³/mol. The van der Waals surface area contributed by atoms with Crippen molar-refractivity contribution in [2.75, 3.05) is 6.61 Å². The summed E-state index contributed by atoms with van der Waals surface area (Å²) >= 11 is 0. The van der Waals surface area contributed by atoms with Crippen LogP contribution in [0.4, 0.5) is 0 Å². The molecule has 0 saturated carbocycles. The first-order valence-electron chi connectivity index (χ1n) is 6.32. The van der Waals surface area contributed by atoms with E-state index in [4.69, 9.17) is 4.74 Å². The first-order valence-corrected chi connectivity index (χ1v) is 6.32. The van der Waals surface area contributed by atoms with Gasteiger partial charge < -0.3 is 9.72 Å². The Morgan fingerprint density at radius 3 is 2.82 bits per heavy atom. The average Bonchev–Trinajstić information content (AvgIpc) is 2.55. The highest BCUT2D eigenvalue weighted by Gasteiger charge is 2.30. The first-order chi connectivity index (χ1) is 7.94. The van der Waals surface area contributed by atoms with Gasteiger partial charge in [-0.2, -0.15) is 0 Å². The molecule has 3 nitrogen and oxygen atoms in total. The van der Waals surface area contributed by atoms with Crippen molar-refractivity contribution in [3.63, 3.8) is 0 Å². The molecule has 1 aliphatic rings. The standard InChI is InChI=1S/C14H21NO2/c1-5-17-13(16)12-9(2)10-8-14(3,4)7-6-11(10)15-12/h15H,5-8H2,1-4H3. The van der Waals surface area contributed by atoms with E-state index in [2.05, 4.69) is 18.8 Å². The number of rotatable bonds is 2. The molecule has 1 aromatic rings. The Hall–Kier alpha value is -1.25. The van der Waals surface area contributed by atoms with Crippen LogP contribution in [-0.2, 0) is 17.6 Å². The summed E-state index contributed by atoms with van der Waals surface area (Å²) in [4.78, 5) is 15.0. The van der Waals surface area contributed by atoms with Gasteiger partial charge in [0.1, 0.15) is 5.69 Å². The summed E-state index contributed by atoms with van der Waals surface area (Å²) in [5.41, 5.74) is 4.61. The lowest BCUT2D eigenvalue weighted by atomic mass is 9.76. The molecule has 1 N–H and O–H groups in total. The third-order valence-electron chi connectivity index (χ3n) is 3.65. The van der Waals surface area contributed by atoms with Crippen molar-refractivity contribution in [2.45, 2.75) is 47.0 Å². The number of ether oxygens (including phenoxy) is 1. The quantitative estimate of drug-likeness (QED) is 0.801. The maximum atomic E-state index is 11.8. The summed E-state index contributed by atoms with van der Waals surface area (Å²) in [7, 11) is 0. The number of esters is 1. The van der Waals surface area contributed by atoms with Crippen LogP contribution in [0.25, 0.3) is 0 Å². The van der Waals surface area contributed by atoms with E-state index in [-0.39, 0.29) is 5.97 Å². The number of carbonyl (C=O) groups excluding carboxylic acids is 1. The molecular weight excluding hydrogens is 214 g/mol. The second-order valence-corrected chi connectivity index (χ2v) is 5.64. The Labute approximate surface area is 103 Å². The zero-order valence-electron chi connectivity index (χ0n) is 11.1. The molecule has 1 heterocycles. The van der Waals surface area contributed by atoms with Crippen LogP contribution in [0.1, 0.15) is 54.5 Å². The molecule has 2 rings (SSSR count). The van der Waals surface area contributed by atoms with Gasteiger partial charge in [-0.25, -0.2) is 4.79 Å². The molecule has 0 unspecified atom stereocenters. The highest BCUT2D eigenvalue weighted by molar-refractivity contribution is 5.89. The van der Waals surface area contributed by atoms with Crippen LogP contribution >= 0.6 is 0 Å². The SMILES string of the molecule is CCOC(=O)c1[nH]c2c(c1C)CC(C)(C)CC2. The fraction of sp³-hybridized carbons (Fsp3) is 0.643. The van der Waals surface area contributed by atoms with Gasteiger partial charge in [0.25, 0.3) is 0 Å². The van der Waals surface area contributed by atoms with Crippen molar-refractivity contribution in [1.82, 2.24) is 4.98 Å². The highest BCUT2D eigenvalue weighted by Crippen LogP contribution is 2.37. The molecular formula is C14H21NO2.